The van der Waals surface area contributed by atoms with E-state index in [9.17, 15) is 15.0 Å². The van der Waals surface area contributed by atoms with E-state index in [0.29, 0.717) is 32.1 Å². The lowest BCUT2D eigenvalue weighted by molar-refractivity contribution is -0.137. The van der Waals surface area contributed by atoms with E-state index in [1.807, 2.05) is 32.1 Å². The van der Waals surface area contributed by atoms with Crippen LogP contribution in [0.2, 0.25) is 0 Å². The molecule has 0 aromatic rings. The summed E-state index contributed by atoms with van der Waals surface area (Å²) in [7, 11) is 0. The summed E-state index contributed by atoms with van der Waals surface area (Å²) in [5, 5.41) is 33.6. The van der Waals surface area contributed by atoms with Gasteiger partial charge in [0.2, 0.25) is 0 Å². The van der Waals surface area contributed by atoms with E-state index in [1.165, 1.54) is 0 Å². The van der Waals surface area contributed by atoms with E-state index in [-0.39, 0.29) is 24.3 Å². The lowest BCUT2D eigenvalue weighted by atomic mass is 9.81. The molecule has 0 aromatic carbocycles. The predicted molar refractivity (Wildman–Crippen MR) is 113 cm³/mol. The fourth-order valence-electron chi connectivity index (χ4n) is 3.56. The van der Waals surface area contributed by atoms with Gasteiger partial charge in [0.1, 0.15) is 0 Å². The second-order valence-corrected chi connectivity index (χ2v) is 8.23. The molecule has 29 heavy (non-hydrogen) atoms. The zero-order valence-corrected chi connectivity index (χ0v) is 17.5. The van der Waals surface area contributed by atoms with Crippen LogP contribution in [0.4, 0.5) is 0 Å². The standard InChI is InChI=1S/C22H33N3O4/c1-4-5-14-22(2,3)20(27)13-12-17-16(18(24-25-23)15-19(17)26)10-8-6-7-9-11-21(28)29/h6,8,12-13,16-20,26-27H,7,9-11,14-15H2,1-3H3,(H,28,29)/t16-,17-,18+,19-,20-/m1/s1. The van der Waals surface area contributed by atoms with Crippen LogP contribution in [-0.4, -0.2) is 39.5 Å². The summed E-state index contributed by atoms with van der Waals surface area (Å²) in [5.74, 6) is 4.73. The lowest BCUT2D eigenvalue weighted by Gasteiger charge is -2.27. The average Bonchev–Trinajstić information content (AvgIpc) is 2.95. The molecule has 0 radical (unpaired) electrons. The summed E-state index contributed by atoms with van der Waals surface area (Å²) in [6.45, 7) is 5.65. The molecule has 0 aliphatic heterocycles. The molecule has 0 heterocycles. The molecule has 0 spiro atoms. The van der Waals surface area contributed by atoms with Gasteiger partial charge in [-0.05, 0) is 44.1 Å². The number of aliphatic hydroxyl groups excluding tert-OH is 2. The molecule has 0 aromatic heterocycles. The number of azide groups is 1. The van der Waals surface area contributed by atoms with Crippen LogP contribution < -0.4 is 0 Å². The van der Waals surface area contributed by atoms with E-state index in [4.69, 9.17) is 10.6 Å². The van der Waals surface area contributed by atoms with Crippen molar-refractivity contribution < 1.29 is 20.1 Å². The van der Waals surface area contributed by atoms with Crippen LogP contribution in [-0.2, 0) is 4.79 Å². The maximum absolute atomic E-state index is 10.6. The molecule has 1 fully saturated rings. The molecule has 1 aliphatic rings. The van der Waals surface area contributed by atoms with Gasteiger partial charge in [0.25, 0.3) is 0 Å². The molecule has 0 bridgehead atoms. The number of nitrogens with zero attached hydrogens (tertiary/aromatic N) is 3. The van der Waals surface area contributed by atoms with Crippen molar-refractivity contribution in [1.82, 2.24) is 0 Å². The van der Waals surface area contributed by atoms with Crippen LogP contribution in [0.1, 0.15) is 59.3 Å². The maximum atomic E-state index is 10.6. The lowest BCUT2D eigenvalue weighted by Crippen LogP contribution is -2.28. The van der Waals surface area contributed by atoms with Gasteiger partial charge in [-0.2, -0.15) is 0 Å². The van der Waals surface area contributed by atoms with Gasteiger partial charge in [-0.15, -0.1) is 11.8 Å². The van der Waals surface area contributed by atoms with Crippen molar-refractivity contribution in [1.29, 1.82) is 0 Å². The van der Waals surface area contributed by atoms with Crippen LogP contribution in [0.5, 0.6) is 0 Å². The Balaban J connectivity index is 2.82. The van der Waals surface area contributed by atoms with Gasteiger partial charge in [0.05, 0.1) is 12.2 Å². The summed E-state index contributed by atoms with van der Waals surface area (Å²) in [6.07, 6.45) is 9.04. The highest BCUT2D eigenvalue weighted by Gasteiger charge is 2.40. The minimum Gasteiger partial charge on any atom is -0.481 e. The second kappa shape index (κ2) is 12.3. The van der Waals surface area contributed by atoms with Gasteiger partial charge in [-0.1, -0.05) is 43.3 Å². The van der Waals surface area contributed by atoms with Crippen molar-refractivity contribution >= 4 is 5.97 Å². The van der Waals surface area contributed by atoms with Crippen molar-refractivity contribution in [2.75, 3.05) is 0 Å². The van der Waals surface area contributed by atoms with Gasteiger partial charge < -0.3 is 15.3 Å². The van der Waals surface area contributed by atoms with Crippen LogP contribution in [0, 0.1) is 29.1 Å². The number of allylic oxidation sites excluding steroid dienone is 2. The molecule has 0 unspecified atom stereocenters. The third-order valence-electron chi connectivity index (χ3n) is 5.49. The van der Waals surface area contributed by atoms with E-state index in [1.54, 1.807) is 13.0 Å². The number of aliphatic carboxylic acids is 1. The molecule has 7 heteroatoms. The minimum atomic E-state index is -0.808. The van der Waals surface area contributed by atoms with Gasteiger partial charge in [-0.25, -0.2) is 0 Å². The summed E-state index contributed by atoms with van der Waals surface area (Å²) in [4.78, 5) is 13.5. The quantitative estimate of drug-likeness (QED) is 0.119. The highest BCUT2D eigenvalue weighted by molar-refractivity contribution is 5.66. The first-order valence-corrected chi connectivity index (χ1v) is 10.1. The normalized spacial score (nSPS) is 25.6. The number of carbonyl (C=O) groups is 1. The monoisotopic (exact) mass is 403 g/mol. The summed E-state index contributed by atoms with van der Waals surface area (Å²) >= 11 is 0. The predicted octanol–water partition coefficient (Wildman–Crippen LogP) is 4.22. The van der Waals surface area contributed by atoms with Crippen molar-refractivity contribution in [2.45, 2.75) is 77.5 Å². The second-order valence-electron chi connectivity index (χ2n) is 8.23. The Kier molecular flexibility index (Phi) is 10.5. The Morgan fingerprint density at radius 2 is 2.14 bits per heavy atom. The largest absolute Gasteiger partial charge is 0.481 e. The summed E-state index contributed by atoms with van der Waals surface area (Å²) < 4.78 is 0. The Bertz CT molecular complexity index is 699. The number of hydrogen-bond donors (Lipinski definition) is 3. The zero-order chi connectivity index (χ0) is 21.9. The highest BCUT2D eigenvalue weighted by Crippen LogP contribution is 2.39. The maximum Gasteiger partial charge on any atom is 0.303 e. The van der Waals surface area contributed by atoms with E-state index >= 15 is 0 Å². The molecule has 0 amide bonds. The molecule has 5 atom stereocenters. The van der Waals surface area contributed by atoms with Crippen LogP contribution in [0.25, 0.3) is 10.4 Å². The fraction of sp³-hybridized carbons (Fsp3) is 0.682. The van der Waals surface area contributed by atoms with Crippen LogP contribution >= 0.6 is 0 Å². The van der Waals surface area contributed by atoms with Crippen molar-refractivity contribution in [3.63, 3.8) is 0 Å². The Hall–Kier alpha value is -2.26. The molecule has 0 saturated heterocycles. The number of aliphatic hydroxyl groups is 2. The van der Waals surface area contributed by atoms with Crippen molar-refractivity contribution in [3.05, 3.63) is 34.7 Å². The Morgan fingerprint density at radius 1 is 1.41 bits per heavy atom. The molecule has 1 rings (SSSR count). The number of carboxylic acids is 1. The topological polar surface area (TPSA) is 127 Å². The van der Waals surface area contributed by atoms with E-state index < -0.39 is 23.6 Å². The van der Waals surface area contributed by atoms with Gasteiger partial charge in [0, 0.05) is 35.1 Å². The molecule has 1 saturated carbocycles. The van der Waals surface area contributed by atoms with Gasteiger partial charge in [-0.3, -0.25) is 4.79 Å². The fourth-order valence-corrected chi connectivity index (χ4v) is 3.56. The molecule has 3 N–H and O–H groups in total. The first-order chi connectivity index (χ1) is 13.7. The van der Waals surface area contributed by atoms with Crippen LogP contribution in [0.15, 0.2) is 29.4 Å². The third kappa shape index (κ3) is 8.33. The number of carboxylic acid groups (broad SMARTS) is 1. The minimum absolute atomic E-state index is 0.0707. The van der Waals surface area contributed by atoms with Gasteiger partial charge in [0.15, 0.2) is 0 Å². The summed E-state index contributed by atoms with van der Waals surface area (Å²) in [6, 6.07) is -0.315. The Labute approximate surface area is 173 Å². The smallest absolute Gasteiger partial charge is 0.303 e. The molecule has 7 nitrogen and oxygen atoms in total. The molecular weight excluding hydrogens is 370 g/mol. The molecule has 160 valence electrons. The Morgan fingerprint density at radius 3 is 2.76 bits per heavy atom. The summed E-state index contributed by atoms with van der Waals surface area (Å²) in [5.41, 5.74) is 8.44. The third-order valence-corrected chi connectivity index (χ3v) is 5.49. The highest BCUT2D eigenvalue weighted by atomic mass is 16.4. The first-order valence-electron chi connectivity index (χ1n) is 10.1. The van der Waals surface area contributed by atoms with E-state index in [2.05, 4.69) is 21.9 Å². The first kappa shape index (κ1) is 24.8. The molecular formula is C22H33N3O4. The molecule has 1 aliphatic carbocycles. The van der Waals surface area contributed by atoms with Crippen molar-refractivity contribution in [2.24, 2.45) is 22.4 Å². The van der Waals surface area contributed by atoms with Crippen molar-refractivity contribution in [3.8, 4) is 11.8 Å². The number of hydrogen-bond acceptors (Lipinski definition) is 4. The number of unbranched alkanes of at least 4 members (excludes halogenated alkanes) is 1. The SMILES string of the molecule is CC#CCC(C)(C)[C@H](O)C=C[C@@H]1[C@@H](CC=CCCCC(=O)O)[C@@H](N=[N+]=[N-])C[C@H]1O. The number of rotatable bonds is 11. The van der Waals surface area contributed by atoms with Gasteiger partial charge >= 0.3 is 5.97 Å². The zero-order valence-electron chi connectivity index (χ0n) is 17.5. The van der Waals surface area contributed by atoms with E-state index in [0.717, 1.165) is 0 Å². The van der Waals surface area contributed by atoms with Crippen LogP contribution in [0.3, 0.4) is 0 Å². The average molecular weight is 404 g/mol.